The largest absolute Gasteiger partial charge is 0.495 e. The van der Waals surface area contributed by atoms with Crippen molar-refractivity contribution in [3.8, 4) is 5.75 Å². The number of rotatable bonds is 5. The highest BCUT2D eigenvalue weighted by Crippen LogP contribution is 2.41. The van der Waals surface area contributed by atoms with E-state index >= 15 is 0 Å². The molecule has 2 heterocycles. The summed E-state index contributed by atoms with van der Waals surface area (Å²) in [6, 6.07) is 9.99. The van der Waals surface area contributed by atoms with Gasteiger partial charge in [-0.15, -0.1) is 0 Å². The number of imidazole rings is 1. The zero-order valence-corrected chi connectivity index (χ0v) is 22.1. The second-order valence-corrected chi connectivity index (χ2v) is 10.5. The van der Waals surface area contributed by atoms with Crippen LogP contribution < -0.4 is 9.64 Å². The number of benzene rings is 2. The third kappa shape index (κ3) is 4.63. The highest BCUT2D eigenvalue weighted by Gasteiger charge is 2.33. The van der Waals surface area contributed by atoms with E-state index in [1.54, 1.807) is 12.0 Å². The highest BCUT2D eigenvalue weighted by atomic mass is 35.5. The molecule has 1 aliphatic heterocycles. The van der Waals surface area contributed by atoms with E-state index in [1.165, 1.54) is 7.11 Å². The number of hydrogen-bond donors (Lipinski definition) is 1. The minimum absolute atomic E-state index is 0.0340. The molecule has 2 aromatic carbocycles. The van der Waals surface area contributed by atoms with Crippen LogP contribution in [-0.2, 0) is 22.4 Å². The van der Waals surface area contributed by atoms with E-state index in [1.807, 2.05) is 37.3 Å². The molecule has 8 nitrogen and oxygen atoms in total. The molecule has 1 aromatic heterocycles. The molecular formula is C28H32ClN3O5. The number of aryl methyl sites for hydroxylation is 1. The first kappa shape index (κ1) is 25.4. The smallest absolute Gasteiger partial charge is 0.414 e. The Bertz CT molecular complexity index is 1350. The number of aromatic nitrogens is 2. The maximum absolute atomic E-state index is 12.6. The van der Waals surface area contributed by atoms with Gasteiger partial charge in [0.05, 0.1) is 41.9 Å². The molecule has 5 rings (SSSR count). The first-order chi connectivity index (χ1) is 17.8. The summed E-state index contributed by atoms with van der Waals surface area (Å²) in [5.41, 5.74) is 4.82. The fraction of sp³-hybridized carbons (Fsp3) is 0.464. The number of fused-ring (bicyclic) bond motifs is 3. The van der Waals surface area contributed by atoms with E-state index in [4.69, 9.17) is 26.1 Å². The van der Waals surface area contributed by atoms with Gasteiger partial charge in [-0.2, -0.15) is 0 Å². The van der Waals surface area contributed by atoms with Gasteiger partial charge >= 0.3 is 12.1 Å². The SMILES string of the molecule is COC(=O)N1c2ccc3c(nc(Cc4ccc(OC)c(Cl)c4)n3C3CCC(C(=O)O)CC3)c2CC[C@@H]1C. The van der Waals surface area contributed by atoms with Crippen LogP contribution in [0.4, 0.5) is 10.5 Å². The van der Waals surface area contributed by atoms with E-state index in [-0.39, 0.29) is 24.1 Å². The van der Waals surface area contributed by atoms with Gasteiger partial charge in [-0.1, -0.05) is 17.7 Å². The summed E-state index contributed by atoms with van der Waals surface area (Å²) < 4.78 is 12.7. The summed E-state index contributed by atoms with van der Waals surface area (Å²) in [7, 11) is 3.00. The molecule has 196 valence electrons. The first-order valence-electron chi connectivity index (χ1n) is 12.8. The fourth-order valence-corrected chi connectivity index (χ4v) is 6.22. The van der Waals surface area contributed by atoms with E-state index < -0.39 is 5.97 Å². The van der Waals surface area contributed by atoms with Crippen molar-refractivity contribution in [1.29, 1.82) is 0 Å². The molecule has 1 aliphatic carbocycles. The van der Waals surface area contributed by atoms with Crippen molar-refractivity contribution < 1.29 is 24.2 Å². The van der Waals surface area contributed by atoms with Crippen LogP contribution >= 0.6 is 11.6 Å². The van der Waals surface area contributed by atoms with Gasteiger partial charge in [0.2, 0.25) is 0 Å². The lowest BCUT2D eigenvalue weighted by molar-refractivity contribution is -0.143. The van der Waals surface area contributed by atoms with Gasteiger partial charge in [0.1, 0.15) is 11.6 Å². The van der Waals surface area contributed by atoms with Gasteiger partial charge in [0, 0.05) is 24.1 Å². The van der Waals surface area contributed by atoms with E-state index in [0.29, 0.717) is 30.0 Å². The molecule has 2 aliphatic rings. The van der Waals surface area contributed by atoms with Crippen molar-refractivity contribution in [3.63, 3.8) is 0 Å². The van der Waals surface area contributed by atoms with E-state index in [0.717, 1.165) is 59.4 Å². The lowest BCUT2D eigenvalue weighted by atomic mass is 9.85. The first-order valence-corrected chi connectivity index (χ1v) is 13.1. The Kier molecular flexibility index (Phi) is 7.03. The summed E-state index contributed by atoms with van der Waals surface area (Å²) in [4.78, 5) is 31.1. The van der Waals surface area contributed by atoms with Crippen molar-refractivity contribution >= 4 is 40.4 Å². The number of anilines is 1. The maximum Gasteiger partial charge on any atom is 0.414 e. The van der Waals surface area contributed by atoms with Crippen molar-refractivity contribution in [2.75, 3.05) is 19.1 Å². The van der Waals surface area contributed by atoms with Gasteiger partial charge in [-0.3, -0.25) is 9.69 Å². The predicted molar refractivity (Wildman–Crippen MR) is 142 cm³/mol. The molecule has 0 unspecified atom stereocenters. The van der Waals surface area contributed by atoms with Crippen molar-refractivity contribution in [1.82, 2.24) is 9.55 Å². The zero-order chi connectivity index (χ0) is 26.3. The molecule has 0 radical (unpaired) electrons. The molecule has 1 atom stereocenters. The molecule has 3 aromatic rings. The normalized spacial score (nSPS) is 21.5. The lowest BCUT2D eigenvalue weighted by Gasteiger charge is -2.34. The second-order valence-electron chi connectivity index (χ2n) is 10.0. The topological polar surface area (TPSA) is 93.9 Å². The van der Waals surface area contributed by atoms with Gasteiger partial charge < -0.3 is 19.1 Å². The van der Waals surface area contributed by atoms with Gasteiger partial charge in [-0.05, 0) is 75.3 Å². The minimum Gasteiger partial charge on any atom is -0.495 e. The van der Waals surface area contributed by atoms with Gasteiger partial charge in [0.25, 0.3) is 0 Å². The number of aliphatic carboxylic acids is 1. The number of carboxylic acid groups (broad SMARTS) is 1. The average molecular weight is 526 g/mol. The monoisotopic (exact) mass is 525 g/mol. The second kappa shape index (κ2) is 10.2. The third-order valence-electron chi connectivity index (χ3n) is 7.89. The zero-order valence-electron chi connectivity index (χ0n) is 21.4. The predicted octanol–water partition coefficient (Wildman–Crippen LogP) is 6.01. The fourth-order valence-electron chi connectivity index (χ4n) is 5.94. The van der Waals surface area contributed by atoms with Crippen LogP contribution in [0.2, 0.25) is 5.02 Å². The Morgan fingerprint density at radius 2 is 1.86 bits per heavy atom. The average Bonchev–Trinajstić information content (AvgIpc) is 3.26. The molecule has 1 amide bonds. The Labute approximate surface area is 221 Å². The Morgan fingerprint density at radius 3 is 2.51 bits per heavy atom. The molecule has 0 bridgehead atoms. The van der Waals surface area contributed by atoms with Crippen LogP contribution in [0.25, 0.3) is 11.0 Å². The van der Waals surface area contributed by atoms with Crippen LogP contribution in [0.1, 0.15) is 62.0 Å². The number of carbonyl (C=O) groups excluding carboxylic acids is 1. The molecule has 1 N–H and O–H groups in total. The number of carboxylic acids is 1. The number of hydrogen-bond acceptors (Lipinski definition) is 5. The quantitative estimate of drug-likeness (QED) is 0.438. The van der Waals surface area contributed by atoms with E-state index in [2.05, 4.69) is 4.57 Å². The number of amides is 1. The molecule has 9 heteroatoms. The molecule has 0 saturated heterocycles. The van der Waals surface area contributed by atoms with Gasteiger partial charge in [0.15, 0.2) is 0 Å². The molecule has 1 saturated carbocycles. The Morgan fingerprint density at radius 1 is 1.11 bits per heavy atom. The number of carbonyl (C=O) groups is 2. The highest BCUT2D eigenvalue weighted by molar-refractivity contribution is 6.32. The van der Waals surface area contributed by atoms with Crippen LogP contribution in [0.5, 0.6) is 5.75 Å². The molecule has 37 heavy (non-hydrogen) atoms. The molecule has 0 spiro atoms. The standard InChI is InChI=1S/C28H32ClN3O5/c1-16-4-10-20-22(31(16)28(35)37-3)11-12-23-26(20)30-25(15-17-5-13-24(36-2)21(29)14-17)32(23)19-8-6-18(7-9-19)27(33)34/h5,11-14,16,18-19H,4,6-10,15H2,1-3H3,(H,33,34)/t16-,18?,19?/m0/s1. The molecular weight excluding hydrogens is 494 g/mol. The summed E-state index contributed by atoms with van der Waals surface area (Å²) in [6.07, 6.45) is 4.69. The number of halogens is 1. The van der Waals surface area contributed by atoms with Crippen LogP contribution in [0.3, 0.4) is 0 Å². The van der Waals surface area contributed by atoms with Crippen LogP contribution in [-0.4, -0.2) is 47.0 Å². The molecule has 1 fully saturated rings. The van der Waals surface area contributed by atoms with Crippen LogP contribution in [0, 0.1) is 5.92 Å². The van der Waals surface area contributed by atoms with Crippen molar-refractivity contribution in [2.24, 2.45) is 5.92 Å². The maximum atomic E-state index is 12.6. The van der Waals surface area contributed by atoms with Crippen molar-refractivity contribution in [3.05, 3.63) is 52.3 Å². The number of methoxy groups -OCH3 is 2. The number of nitrogens with zero attached hydrogens (tertiary/aromatic N) is 3. The van der Waals surface area contributed by atoms with Crippen molar-refractivity contribution in [2.45, 2.75) is 64.0 Å². The summed E-state index contributed by atoms with van der Waals surface area (Å²) in [6.45, 7) is 2.03. The summed E-state index contributed by atoms with van der Waals surface area (Å²) in [5, 5.41) is 10.1. The number of ether oxygens (including phenoxy) is 2. The van der Waals surface area contributed by atoms with Crippen LogP contribution in [0.15, 0.2) is 30.3 Å². The van der Waals surface area contributed by atoms with E-state index in [9.17, 15) is 14.7 Å². The van der Waals surface area contributed by atoms with Gasteiger partial charge in [-0.25, -0.2) is 9.78 Å². The third-order valence-corrected chi connectivity index (χ3v) is 8.18. The summed E-state index contributed by atoms with van der Waals surface area (Å²) in [5.74, 6) is 0.523. The minimum atomic E-state index is -0.715. The Balaban J connectivity index is 1.61. The Hall–Kier alpha value is -3.26. The lowest BCUT2D eigenvalue weighted by Crippen LogP contribution is -2.42. The summed E-state index contributed by atoms with van der Waals surface area (Å²) >= 11 is 6.42.